The van der Waals surface area contributed by atoms with Crippen molar-refractivity contribution in [2.45, 2.75) is 50.7 Å². The fraction of sp³-hybridized carbons (Fsp3) is 0.474. The van der Waals surface area contributed by atoms with Crippen molar-refractivity contribution < 1.29 is 9.90 Å². The second kappa shape index (κ2) is 8.16. The van der Waals surface area contributed by atoms with E-state index >= 15 is 0 Å². The highest BCUT2D eigenvalue weighted by Gasteiger charge is 2.28. The summed E-state index contributed by atoms with van der Waals surface area (Å²) in [6.45, 7) is 0.954. The predicted octanol–water partition coefficient (Wildman–Crippen LogP) is 3.14. The van der Waals surface area contributed by atoms with Crippen LogP contribution in [-0.2, 0) is 6.54 Å². The maximum atomic E-state index is 12.2. The first-order valence-corrected chi connectivity index (χ1v) is 8.97. The van der Waals surface area contributed by atoms with E-state index in [-0.39, 0.29) is 6.03 Å². The number of urea groups is 1. The molecule has 0 spiro atoms. The molecule has 0 aliphatic heterocycles. The predicted molar refractivity (Wildman–Crippen MR) is 97.4 cm³/mol. The summed E-state index contributed by atoms with van der Waals surface area (Å²) in [7, 11) is 0. The number of aromatic nitrogens is 2. The van der Waals surface area contributed by atoms with Gasteiger partial charge in [-0.1, -0.05) is 37.8 Å². The van der Waals surface area contributed by atoms with E-state index in [0.29, 0.717) is 13.1 Å². The Bertz CT molecular complexity index is 676. The third-order valence-electron chi connectivity index (χ3n) is 4.70. The van der Waals surface area contributed by atoms with Crippen molar-refractivity contribution in [3.05, 3.63) is 48.3 Å². The van der Waals surface area contributed by atoms with Crippen LogP contribution >= 0.6 is 0 Å². The lowest BCUT2D eigenvalue weighted by molar-refractivity contribution is 0.0281. The Kier molecular flexibility index (Phi) is 5.71. The molecule has 1 aliphatic rings. The number of carbonyl (C=O) groups is 1. The second-order valence-electron chi connectivity index (χ2n) is 6.85. The first kappa shape index (κ1) is 17.5. The molecule has 1 aromatic carbocycles. The van der Waals surface area contributed by atoms with Gasteiger partial charge in [0.15, 0.2) is 0 Å². The van der Waals surface area contributed by atoms with Gasteiger partial charge in [-0.3, -0.25) is 4.68 Å². The van der Waals surface area contributed by atoms with Crippen molar-refractivity contribution in [3.63, 3.8) is 0 Å². The van der Waals surface area contributed by atoms with Crippen LogP contribution in [0, 0.1) is 0 Å². The molecule has 1 saturated carbocycles. The zero-order chi connectivity index (χ0) is 17.5. The number of anilines is 1. The number of nitrogens with zero attached hydrogens (tertiary/aromatic N) is 2. The molecule has 0 atom stereocenters. The van der Waals surface area contributed by atoms with Crippen LogP contribution in [0.1, 0.15) is 44.1 Å². The molecule has 0 unspecified atom stereocenters. The maximum Gasteiger partial charge on any atom is 0.319 e. The summed E-state index contributed by atoms with van der Waals surface area (Å²) in [5, 5.41) is 20.4. The van der Waals surface area contributed by atoms with Gasteiger partial charge >= 0.3 is 6.03 Å². The molecular weight excluding hydrogens is 316 g/mol. The van der Waals surface area contributed by atoms with Crippen molar-refractivity contribution >= 4 is 11.7 Å². The van der Waals surface area contributed by atoms with Gasteiger partial charge in [0.2, 0.25) is 0 Å². The topological polar surface area (TPSA) is 79.2 Å². The van der Waals surface area contributed by atoms with Crippen molar-refractivity contribution in [2.24, 2.45) is 0 Å². The molecule has 1 aliphatic carbocycles. The van der Waals surface area contributed by atoms with E-state index in [1.54, 1.807) is 6.20 Å². The van der Waals surface area contributed by atoms with Crippen molar-refractivity contribution in [3.8, 4) is 0 Å². The normalized spacial score (nSPS) is 16.8. The molecule has 2 amide bonds. The minimum absolute atomic E-state index is 0.283. The highest BCUT2D eigenvalue weighted by atomic mass is 16.3. The third kappa shape index (κ3) is 5.32. The van der Waals surface area contributed by atoms with Crippen LogP contribution in [0.5, 0.6) is 0 Å². The SMILES string of the molecule is O=C(NCC1(O)CCCCCC1)Nc1cccc(Cn2cccn2)c1. The van der Waals surface area contributed by atoms with Gasteiger partial charge in [-0.15, -0.1) is 0 Å². The van der Waals surface area contributed by atoms with E-state index in [1.165, 1.54) is 0 Å². The zero-order valence-corrected chi connectivity index (χ0v) is 14.4. The number of carbonyl (C=O) groups excluding carboxylic acids is 1. The van der Waals surface area contributed by atoms with Gasteiger partial charge in [0, 0.05) is 24.6 Å². The quantitative estimate of drug-likeness (QED) is 0.730. The van der Waals surface area contributed by atoms with E-state index in [2.05, 4.69) is 15.7 Å². The van der Waals surface area contributed by atoms with E-state index < -0.39 is 5.60 Å². The van der Waals surface area contributed by atoms with Crippen molar-refractivity contribution in [1.82, 2.24) is 15.1 Å². The summed E-state index contributed by atoms with van der Waals surface area (Å²) < 4.78 is 1.83. The molecule has 0 saturated heterocycles. The summed E-state index contributed by atoms with van der Waals surface area (Å²) in [6.07, 6.45) is 9.53. The van der Waals surface area contributed by atoms with Crippen molar-refractivity contribution in [1.29, 1.82) is 0 Å². The largest absolute Gasteiger partial charge is 0.388 e. The fourth-order valence-electron chi connectivity index (χ4n) is 3.31. The van der Waals surface area contributed by atoms with Gasteiger partial charge in [-0.2, -0.15) is 5.10 Å². The number of aliphatic hydroxyl groups is 1. The van der Waals surface area contributed by atoms with Gasteiger partial charge < -0.3 is 15.7 Å². The van der Waals surface area contributed by atoms with E-state index in [1.807, 2.05) is 41.2 Å². The third-order valence-corrected chi connectivity index (χ3v) is 4.70. The standard InChI is InChI=1S/C19H26N4O2/c24-18(20-15-19(25)9-3-1-2-4-10-19)22-17-8-5-7-16(13-17)14-23-12-6-11-21-23/h5-8,11-13,25H,1-4,9-10,14-15H2,(H2,20,22,24). The van der Waals surface area contributed by atoms with Gasteiger partial charge in [0.1, 0.15) is 0 Å². The zero-order valence-electron chi connectivity index (χ0n) is 14.4. The average molecular weight is 342 g/mol. The lowest BCUT2D eigenvalue weighted by atomic mass is 9.95. The molecular formula is C19H26N4O2. The van der Waals surface area contributed by atoms with Crippen LogP contribution in [0.2, 0.25) is 0 Å². The van der Waals surface area contributed by atoms with E-state index in [0.717, 1.165) is 49.8 Å². The number of hydrogen-bond donors (Lipinski definition) is 3. The summed E-state index contributed by atoms with van der Waals surface area (Å²) in [6, 6.07) is 9.29. The maximum absolute atomic E-state index is 12.2. The molecule has 0 radical (unpaired) electrons. The minimum atomic E-state index is -0.768. The number of nitrogens with one attached hydrogen (secondary N) is 2. The molecule has 3 N–H and O–H groups in total. The Hall–Kier alpha value is -2.34. The molecule has 1 heterocycles. The Balaban J connectivity index is 1.52. The number of hydrogen-bond acceptors (Lipinski definition) is 3. The Labute approximate surface area is 148 Å². The summed E-state index contributed by atoms with van der Waals surface area (Å²) >= 11 is 0. The molecule has 25 heavy (non-hydrogen) atoms. The molecule has 6 heteroatoms. The van der Waals surface area contributed by atoms with Crippen LogP contribution in [-0.4, -0.2) is 33.1 Å². The van der Waals surface area contributed by atoms with Gasteiger partial charge in [-0.05, 0) is 36.6 Å². The molecule has 134 valence electrons. The van der Waals surface area contributed by atoms with Crippen LogP contribution < -0.4 is 10.6 Å². The molecule has 6 nitrogen and oxygen atoms in total. The first-order chi connectivity index (χ1) is 12.1. The Morgan fingerprint density at radius 3 is 2.72 bits per heavy atom. The highest BCUT2D eigenvalue weighted by molar-refractivity contribution is 5.89. The molecule has 2 aromatic rings. The second-order valence-corrected chi connectivity index (χ2v) is 6.85. The first-order valence-electron chi connectivity index (χ1n) is 8.97. The lowest BCUT2D eigenvalue weighted by Gasteiger charge is -2.26. The highest BCUT2D eigenvalue weighted by Crippen LogP contribution is 2.26. The van der Waals surface area contributed by atoms with E-state index in [4.69, 9.17) is 0 Å². The monoisotopic (exact) mass is 342 g/mol. The summed E-state index contributed by atoms with van der Waals surface area (Å²) in [5.41, 5.74) is 1.02. The van der Waals surface area contributed by atoms with Gasteiger partial charge in [0.05, 0.1) is 12.1 Å². The van der Waals surface area contributed by atoms with Crippen LogP contribution in [0.3, 0.4) is 0 Å². The summed E-state index contributed by atoms with van der Waals surface area (Å²) in [5.74, 6) is 0. The fourth-order valence-corrected chi connectivity index (χ4v) is 3.31. The smallest absolute Gasteiger partial charge is 0.319 e. The molecule has 0 bridgehead atoms. The minimum Gasteiger partial charge on any atom is -0.388 e. The Morgan fingerprint density at radius 2 is 2.00 bits per heavy atom. The molecule has 3 rings (SSSR count). The van der Waals surface area contributed by atoms with Crippen LogP contribution in [0.15, 0.2) is 42.7 Å². The van der Waals surface area contributed by atoms with E-state index in [9.17, 15) is 9.90 Å². The number of amides is 2. The summed E-state index contributed by atoms with van der Waals surface area (Å²) in [4.78, 5) is 12.2. The van der Waals surface area contributed by atoms with Crippen LogP contribution in [0.25, 0.3) is 0 Å². The van der Waals surface area contributed by atoms with Gasteiger partial charge in [0.25, 0.3) is 0 Å². The van der Waals surface area contributed by atoms with Gasteiger partial charge in [-0.25, -0.2) is 4.79 Å². The Morgan fingerprint density at radius 1 is 1.20 bits per heavy atom. The lowest BCUT2D eigenvalue weighted by Crippen LogP contribution is -2.44. The molecule has 1 fully saturated rings. The number of benzene rings is 1. The average Bonchev–Trinajstić information content (AvgIpc) is 3.00. The van der Waals surface area contributed by atoms with Crippen LogP contribution in [0.4, 0.5) is 10.5 Å². The van der Waals surface area contributed by atoms with Crippen molar-refractivity contribution in [2.75, 3.05) is 11.9 Å². The number of rotatable bonds is 5. The molecule has 1 aromatic heterocycles.